The molecular weight excluding hydrogens is 290 g/mol. The van der Waals surface area contributed by atoms with Gasteiger partial charge in [0.15, 0.2) is 5.76 Å². The highest BCUT2D eigenvalue weighted by molar-refractivity contribution is 5.67. The average Bonchev–Trinajstić information content (AvgIpc) is 3.04. The van der Waals surface area contributed by atoms with E-state index >= 15 is 0 Å². The minimum atomic E-state index is 0.797. The van der Waals surface area contributed by atoms with Crippen LogP contribution in [0.15, 0.2) is 41.4 Å². The van der Waals surface area contributed by atoms with Gasteiger partial charge in [-0.2, -0.15) is 0 Å². The van der Waals surface area contributed by atoms with Crippen molar-refractivity contribution >= 4 is 0 Å². The molecule has 2 heterocycles. The summed E-state index contributed by atoms with van der Waals surface area (Å²) in [6, 6.07) is 8.14. The van der Waals surface area contributed by atoms with E-state index in [0.717, 1.165) is 61.9 Å². The second kappa shape index (κ2) is 7.44. The van der Waals surface area contributed by atoms with Crippen molar-refractivity contribution in [3.05, 3.63) is 48.2 Å². The number of hydrogen-bond acceptors (Lipinski definition) is 5. The monoisotopic (exact) mass is 313 g/mol. The minimum absolute atomic E-state index is 0.797. The Bertz CT molecular complexity index is 660. The number of nitrogens with zero attached hydrogens (tertiary/aromatic N) is 2. The fourth-order valence-corrected chi connectivity index (χ4v) is 2.84. The first-order valence-corrected chi connectivity index (χ1v) is 7.97. The number of nitrogens with one attached hydrogen (secondary N) is 1. The lowest BCUT2D eigenvalue weighted by Gasteiger charge is -2.25. The molecule has 0 radical (unpaired) electrons. The molecule has 1 saturated heterocycles. The maximum atomic E-state index is 5.52. The number of ether oxygens (including phenoxy) is 1. The summed E-state index contributed by atoms with van der Waals surface area (Å²) in [7, 11) is 1.68. The number of rotatable bonds is 6. The Hall–Kier alpha value is -2.11. The summed E-state index contributed by atoms with van der Waals surface area (Å²) in [5, 5.41) is 7.57. The van der Waals surface area contributed by atoms with Crippen LogP contribution < -0.4 is 10.1 Å². The van der Waals surface area contributed by atoms with E-state index in [4.69, 9.17) is 9.26 Å². The number of hydrogen-bond donors (Lipinski definition) is 1. The lowest BCUT2D eigenvalue weighted by Crippen LogP contribution is -2.42. The third kappa shape index (κ3) is 3.81. The van der Waals surface area contributed by atoms with Gasteiger partial charge in [0.1, 0.15) is 11.4 Å². The molecule has 1 N–H and O–H groups in total. The summed E-state index contributed by atoms with van der Waals surface area (Å²) < 4.78 is 11.0. The van der Waals surface area contributed by atoms with E-state index in [0.29, 0.717) is 0 Å². The highest BCUT2D eigenvalue weighted by Gasteiger charge is 2.15. The molecule has 23 heavy (non-hydrogen) atoms. The van der Waals surface area contributed by atoms with Gasteiger partial charge in [-0.05, 0) is 24.1 Å². The summed E-state index contributed by atoms with van der Waals surface area (Å²) in [6.07, 6.45) is 2.71. The Morgan fingerprint density at radius 3 is 2.91 bits per heavy atom. The molecule has 3 rings (SSSR count). The zero-order chi connectivity index (χ0) is 16.1. The normalized spacial score (nSPS) is 15.5. The average molecular weight is 313 g/mol. The van der Waals surface area contributed by atoms with Crippen LogP contribution in [0.25, 0.3) is 11.3 Å². The van der Waals surface area contributed by atoms with Gasteiger partial charge in [0, 0.05) is 37.8 Å². The standard InChI is InChI=1S/C18H23N3O2/c1-3-4-14-5-6-16(18(11-14)22-2)17-12-15(23-20-17)13-21-9-7-19-8-10-21/h3,5-6,11-12,19H,1,4,7-10,13H2,2H3. The highest BCUT2D eigenvalue weighted by atomic mass is 16.5. The Kier molecular flexibility index (Phi) is 5.10. The van der Waals surface area contributed by atoms with Crippen LogP contribution in [0.4, 0.5) is 0 Å². The van der Waals surface area contributed by atoms with Crippen LogP contribution in [-0.4, -0.2) is 43.3 Å². The molecule has 1 fully saturated rings. The molecule has 1 aliphatic heterocycles. The molecule has 122 valence electrons. The predicted molar refractivity (Wildman–Crippen MR) is 90.5 cm³/mol. The Balaban J connectivity index is 1.77. The van der Waals surface area contributed by atoms with Crippen LogP contribution in [0.3, 0.4) is 0 Å². The van der Waals surface area contributed by atoms with Gasteiger partial charge >= 0.3 is 0 Å². The first-order valence-electron chi connectivity index (χ1n) is 7.97. The molecule has 5 nitrogen and oxygen atoms in total. The largest absolute Gasteiger partial charge is 0.496 e. The number of piperazine rings is 1. The number of methoxy groups -OCH3 is 1. The molecule has 0 unspecified atom stereocenters. The first-order chi connectivity index (χ1) is 11.3. The molecule has 1 aliphatic rings. The van der Waals surface area contributed by atoms with Gasteiger partial charge in [-0.15, -0.1) is 6.58 Å². The molecule has 2 aromatic rings. The van der Waals surface area contributed by atoms with E-state index in [1.165, 1.54) is 5.56 Å². The maximum Gasteiger partial charge on any atom is 0.151 e. The van der Waals surface area contributed by atoms with Crippen LogP contribution >= 0.6 is 0 Å². The maximum absolute atomic E-state index is 5.52. The van der Waals surface area contributed by atoms with Gasteiger partial charge in [-0.1, -0.05) is 17.3 Å². The number of aromatic nitrogens is 1. The predicted octanol–water partition coefficient (Wildman–Crippen LogP) is 2.48. The van der Waals surface area contributed by atoms with E-state index in [1.54, 1.807) is 7.11 Å². The van der Waals surface area contributed by atoms with Crippen LogP contribution in [0, 0.1) is 0 Å². The molecule has 0 atom stereocenters. The topological polar surface area (TPSA) is 50.5 Å². The highest BCUT2D eigenvalue weighted by Crippen LogP contribution is 2.31. The van der Waals surface area contributed by atoms with E-state index in [9.17, 15) is 0 Å². The molecule has 0 spiro atoms. The lowest BCUT2D eigenvalue weighted by molar-refractivity contribution is 0.207. The summed E-state index contributed by atoms with van der Waals surface area (Å²) in [6.45, 7) is 8.70. The molecule has 5 heteroatoms. The van der Waals surface area contributed by atoms with Crippen molar-refractivity contribution in [1.29, 1.82) is 0 Å². The molecule has 1 aromatic heterocycles. The Morgan fingerprint density at radius 1 is 1.35 bits per heavy atom. The van der Waals surface area contributed by atoms with Crippen molar-refractivity contribution in [2.24, 2.45) is 0 Å². The van der Waals surface area contributed by atoms with Gasteiger partial charge in [0.05, 0.1) is 13.7 Å². The molecular formula is C18H23N3O2. The number of allylic oxidation sites excluding steroid dienone is 1. The zero-order valence-electron chi connectivity index (χ0n) is 13.5. The fraction of sp³-hybridized carbons (Fsp3) is 0.389. The molecule has 0 bridgehead atoms. The molecule has 1 aromatic carbocycles. The van der Waals surface area contributed by atoms with Crippen molar-refractivity contribution in [2.75, 3.05) is 33.3 Å². The van der Waals surface area contributed by atoms with Crippen LogP contribution in [0.2, 0.25) is 0 Å². The van der Waals surface area contributed by atoms with Gasteiger partial charge in [-0.3, -0.25) is 4.90 Å². The SMILES string of the molecule is C=CCc1ccc(-c2cc(CN3CCNCC3)on2)c(OC)c1. The van der Waals surface area contributed by atoms with Crippen molar-refractivity contribution < 1.29 is 9.26 Å². The summed E-state index contributed by atoms with van der Waals surface area (Å²) in [5.74, 6) is 1.70. The van der Waals surface area contributed by atoms with Crippen LogP contribution in [-0.2, 0) is 13.0 Å². The first kappa shape index (κ1) is 15.8. The van der Waals surface area contributed by atoms with E-state index < -0.39 is 0 Å². The van der Waals surface area contributed by atoms with Crippen molar-refractivity contribution in [2.45, 2.75) is 13.0 Å². The Labute approximate surface area is 136 Å². The fourth-order valence-electron chi connectivity index (χ4n) is 2.84. The smallest absolute Gasteiger partial charge is 0.151 e. The van der Waals surface area contributed by atoms with Gasteiger partial charge < -0.3 is 14.6 Å². The summed E-state index contributed by atoms with van der Waals surface area (Å²) in [4.78, 5) is 2.37. The van der Waals surface area contributed by atoms with Crippen LogP contribution in [0.5, 0.6) is 5.75 Å². The van der Waals surface area contributed by atoms with Gasteiger partial charge in [0.25, 0.3) is 0 Å². The van der Waals surface area contributed by atoms with Crippen molar-refractivity contribution in [3.63, 3.8) is 0 Å². The quantitative estimate of drug-likeness (QED) is 0.830. The van der Waals surface area contributed by atoms with Crippen molar-refractivity contribution in [1.82, 2.24) is 15.4 Å². The summed E-state index contributed by atoms with van der Waals surface area (Å²) >= 11 is 0. The minimum Gasteiger partial charge on any atom is -0.496 e. The zero-order valence-corrected chi connectivity index (χ0v) is 13.5. The number of benzene rings is 1. The third-order valence-corrected chi connectivity index (χ3v) is 4.07. The van der Waals surface area contributed by atoms with E-state index in [-0.39, 0.29) is 0 Å². The lowest BCUT2D eigenvalue weighted by atomic mass is 10.1. The molecule has 0 amide bonds. The third-order valence-electron chi connectivity index (χ3n) is 4.07. The van der Waals surface area contributed by atoms with E-state index in [1.807, 2.05) is 24.3 Å². The second-order valence-electron chi connectivity index (χ2n) is 5.73. The van der Waals surface area contributed by atoms with E-state index in [2.05, 4.69) is 28.0 Å². The molecule has 0 saturated carbocycles. The van der Waals surface area contributed by atoms with Gasteiger partial charge in [-0.25, -0.2) is 0 Å². The second-order valence-corrected chi connectivity index (χ2v) is 5.73. The summed E-state index contributed by atoms with van der Waals surface area (Å²) in [5.41, 5.74) is 2.94. The van der Waals surface area contributed by atoms with Gasteiger partial charge in [0.2, 0.25) is 0 Å². The van der Waals surface area contributed by atoms with Crippen LogP contribution in [0.1, 0.15) is 11.3 Å². The molecule has 0 aliphatic carbocycles. The van der Waals surface area contributed by atoms with Crippen molar-refractivity contribution in [3.8, 4) is 17.0 Å². The Morgan fingerprint density at radius 2 is 2.17 bits per heavy atom.